The van der Waals surface area contributed by atoms with Crippen molar-refractivity contribution in [1.29, 1.82) is 0 Å². The monoisotopic (exact) mass is 1460 g/mol. The molecule has 0 saturated carbocycles. The molecule has 0 atom stereocenters. The number of hydrogen-bond acceptors (Lipinski definition) is 2. The summed E-state index contributed by atoms with van der Waals surface area (Å²) in [7, 11) is 0. The van der Waals surface area contributed by atoms with Gasteiger partial charge in [0.15, 0.2) is 0 Å². The molecule has 6 heteroatoms. The van der Waals surface area contributed by atoms with Gasteiger partial charge in [-0.3, -0.25) is 0 Å². The summed E-state index contributed by atoms with van der Waals surface area (Å²) in [5.41, 5.74) is 21.9. The van der Waals surface area contributed by atoms with Crippen molar-refractivity contribution in [2.75, 3.05) is 9.80 Å². The number of aromatic nitrogens is 3. The fourth-order valence-corrected chi connectivity index (χ4v) is 17.5. The summed E-state index contributed by atoms with van der Waals surface area (Å²) in [6.07, 6.45) is 0. The number of anilines is 6. The second-order valence-electron chi connectivity index (χ2n) is 34.4. The maximum absolute atomic E-state index is 10.1. The van der Waals surface area contributed by atoms with E-state index in [1.54, 1.807) is 4.57 Å². The molecule has 0 saturated heterocycles. The van der Waals surface area contributed by atoms with Crippen LogP contribution in [0.2, 0.25) is 0 Å². The fourth-order valence-electron chi connectivity index (χ4n) is 17.5. The average molecular weight is 1460 g/mol. The molecule has 3 aromatic heterocycles. The van der Waals surface area contributed by atoms with E-state index in [9.17, 15) is 13.7 Å². The molecule has 0 bridgehead atoms. The van der Waals surface area contributed by atoms with Gasteiger partial charge >= 0.3 is 0 Å². The molecule has 5 nitrogen and oxygen atoms in total. The van der Waals surface area contributed by atoms with Gasteiger partial charge < -0.3 is 23.5 Å². The Morgan fingerprint density at radius 3 is 1.26 bits per heavy atom. The number of hydrogen-bond donors (Lipinski definition) is 0. The molecular weight excluding hydrogens is 1350 g/mol. The third kappa shape index (κ3) is 11.1. The Morgan fingerprint density at radius 2 is 0.705 bits per heavy atom. The zero-order valence-electron chi connectivity index (χ0n) is 78.0. The zero-order chi connectivity index (χ0) is 87.7. The van der Waals surface area contributed by atoms with Gasteiger partial charge in [-0.05, 0) is 214 Å². The van der Waals surface area contributed by atoms with Crippen LogP contribution >= 0.6 is 0 Å². The third-order valence-electron chi connectivity index (χ3n) is 23.3. The summed E-state index contributed by atoms with van der Waals surface area (Å²) in [5, 5.41) is 3.89. The summed E-state index contributed by atoms with van der Waals surface area (Å²) < 4.78 is 131. The standard InChI is InChI=1S/C106H90BN5/c1-103(2,3)75-48-53-92-86(64-75)87-65-76(104(4,5)6)49-54-93(87)111(92)94-45-29-41-84-85-42-30-46-95(102(85)110(101(84)94)79-37-23-16-24-38-79)112-97-66-80(108-90-43-27-25-39-82(90)83-40-26-28-44-91(83)108)50-52-89(97)107-88-51-47-70(73-56-77(105(7,8)9)63-78(57-73)106(10,11)12)60-96(88)109(98-61-74(62-99(112)100(98)107)69-35-21-15-22-36-69)81-58-71(67-31-17-13-18-32-67)55-72(59-81)68-33-19-14-20-34-68/h13-66H,1-12H3/i15D,21D,22D,25D,26D,27D,28D,35D,36D,39D,40D,43D,44D. The minimum atomic E-state index is -0.710. The second kappa shape index (κ2) is 25.5. The number of nitrogens with zero attached hydrogens (tertiary/aromatic N) is 5. The van der Waals surface area contributed by atoms with E-state index in [-0.39, 0.29) is 49.0 Å². The molecule has 0 fully saturated rings. The van der Waals surface area contributed by atoms with Gasteiger partial charge in [0.2, 0.25) is 0 Å². The van der Waals surface area contributed by atoms with Crippen LogP contribution in [0.4, 0.5) is 34.1 Å². The van der Waals surface area contributed by atoms with E-state index >= 15 is 0 Å². The Morgan fingerprint density at radius 1 is 0.241 bits per heavy atom. The van der Waals surface area contributed by atoms with Crippen LogP contribution in [-0.2, 0) is 21.7 Å². The lowest BCUT2D eigenvalue weighted by Gasteiger charge is -2.45. The predicted molar refractivity (Wildman–Crippen MR) is 480 cm³/mol. The van der Waals surface area contributed by atoms with Crippen LogP contribution in [0.1, 0.15) is 123 Å². The number of benzene rings is 15. The molecule has 542 valence electrons. The van der Waals surface area contributed by atoms with Gasteiger partial charge in [0.05, 0.1) is 62.3 Å². The minimum Gasteiger partial charge on any atom is -0.311 e. The number of fused-ring (bicyclic) bond motifs is 13. The predicted octanol–water partition coefficient (Wildman–Crippen LogP) is 26.9. The number of para-hydroxylation sites is 5. The van der Waals surface area contributed by atoms with Crippen LogP contribution in [-0.4, -0.2) is 20.4 Å². The van der Waals surface area contributed by atoms with E-state index in [0.717, 1.165) is 127 Å². The molecule has 0 N–H and O–H groups in total. The second-order valence-corrected chi connectivity index (χ2v) is 34.4. The molecule has 5 heterocycles. The molecule has 2 aliphatic rings. The van der Waals surface area contributed by atoms with Crippen molar-refractivity contribution >= 4 is 123 Å². The normalized spacial score (nSPS) is 14.8. The molecule has 0 spiro atoms. The van der Waals surface area contributed by atoms with E-state index in [0.29, 0.717) is 34.0 Å². The van der Waals surface area contributed by atoms with Crippen LogP contribution in [0.25, 0.3) is 127 Å². The summed E-state index contributed by atoms with van der Waals surface area (Å²) in [5.74, 6) is 0. The van der Waals surface area contributed by atoms with E-state index in [1.165, 1.54) is 11.1 Å². The van der Waals surface area contributed by atoms with Gasteiger partial charge in [-0.2, -0.15) is 0 Å². The van der Waals surface area contributed by atoms with Crippen molar-refractivity contribution in [3.05, 3.63) is 350 Å². The summed E-state index contributed by atoms with van der Waals surface area (Å²) >= 11 is 0. The third-order valence-corrected chi connectivity index (χ3v) is 23.3. The van der Waals surface area contributed by atoms with Crippen LogP contribution < -0.4 is 26.2 Å². The van der Waals surface area contributed by atoms with Crippen LogP contribution in [0.15, 0.2) is 327 Å². The Balaban J connectivity index is 0.982. The molecule has 112 heavy (non-hydrogen) atoms. The Hall–Kier alpha value is -12.6. The highest BCUT2D eigenvalue weighted by atomic mass is 15.2. The van der Waals surface area contributed by atoms with Gasteiger partial charge in [0, 0.05) is 72.1 Å². The van der Waals surface area contributed by atoms with Crippen LogP contribution in [0, 0.1) is 0 Å². The van der Waals surface area contributed by atoms with E-state index in [1.807, 2.05) is 78.9 Å². The SMILES string of the molecule is [2H]c1c([2H])c([2H])c(-c2cc3c4c(c2)N(c2cccc5c6cccc(-n7c8ccc(C(C)(C)C)cc8c8cc(C(C)(C)C)ccc87)c6n(-c6ccccc6)c25)c2cc(-n5c6c([2H])c([2H])c([2H])c([2H])c6c6c([2H])c([2H])c([2H])c([2H])c65)ccc2B4c2ccc(-c4cc(C(C)(C)C)cc(C(C)(C)C)c4)cc2N3c2cc(-c3ccccc3)cc(-c3ccccc3)c2)c([2H])c1[2H]. The van der Waals surface area contributed by atoms with E-state index in [2.05, 4.69) is 272 Å². The molecule has 0 amide bonds. The minimum absolute atomic E-state index is 0.0347. The van der Waals surface area contributed by atoms with Gasteiger partial charge in [0.1, 0.15) is 0 Å². The molecule has 0 radical (unpaired) electrons. The summed E-state index contributed by atoms with van der Waals surface area (Å²) in [6.45, 7) is 26.2. The van der Waals surface area contributed by atoms with Gasteiger partial charge in [-0.25, -0.2) is 0 Å². The first kappa shape index (κ1) is 55.7. The first-order valence-corrected chi connectivity index (χ1v) is 38.8. The molecule has 18 aromatic rings. The highest BCUT2D eigenvalue weighted by Gasteiger charge is 2.45. The summed E-state index contributed by atoms with van der Waals surface area (Å²) in [6, 6.07) is 81.3. The van der Waals surface area contributed by atoms with Gasteiger partial charge in [0.25, 0.3) is 6.71 Å². The number of rotatable bonds is 9. The molecule has 0 aliphatic carbocycles. The zero-order valence-corrected chi connectivity index (χ0v) is 65.0. The molecule has 2 aliphatic heterocycles. The van der Waals surface area contributed by atoms with Crippen molar-refractivity contribution in [2.24, 2.45) is 0 Å². The first-order valence-electron chi connectivity index (χ1n) is 45.3. The van der Waals surface area contributed by atoms with Crippen molar-refractivity contribution in [2.45, 2.75) is 105 Å². The summed E-state index contributed by atoms with van der Waals surface area (Å²) in [4.78, 5) is 4.53. The van der Waals surface area contributed by atoms with Crippen molar-refractivity contribution < 1.29 is 17.8 Å². The van der Waals surface area contributed by atoms with E-state index < -0.39 is 85.3 Å². The Labute approximate surface area is 676 Å². The Bertz CT molecular complexity index is 7430. The quantitative estimate of drug-likeness (QED) is 0.134. The lowest BCUT2D eigenvalue weighted by atomic mass is 9.33. The average Bonchev–Trinajstić information content (AvgIpc) is 1.68. The maximum Gasteiger partial charge on any atom is 0.252 e. The van der Waals surface area contributed by atoms with Crippen LogP contribution in [0.5, 0.6) is 0 Å². The van der Waals surface area contributed by atoms with Crippen molar-refractivity contribution in [3.63, 3.8) is 0 Å². The largest absolute Gasteiger partial charge is 0.311 e. The Kier molecular flexibility index (Phi) is 12.7. The first-order chi connectivity index (χ1) is 59.5. The van der Waals surface area contributed by atoms with Gasteiger partial charge in [-0.1, -0.05) is 301 Å². The van der Waals surface area contributed by atoms with Gasteiger partial charge in [-0.15, -0.1) is 0 Å². The highest BCUT2D eigenvalue weighted by Crippen LogP contribution is 2.53. The molecule has 20 rings (SSSR count). The lowest BCUT2D eigenvalue weighted by molar-refractivity contribution is 0.569. The van der Waals surface area contributed by atoms with Crippen molar-refractivity contribution in [1.82, 2.24) is 13.7 Å². The molecule has 0 unspecified atom stereocenters. The topological polar surface area (TPSA) is 21.3 Å². The molecular formula is C106H90BN5. The fraction of sp³-hybridized carbons (Fsp3) is 0.151. The van der Waals surface area contributed by atoms with E-state index in [4.69, 9.17) is 4.11 Å². The van der Waals surface area contributed by atoms with Crippen molar-refractivity contribution in [3.8, 4) is 61.6 Å². The molecule has 15 aromatic carbocycles. The lowest BCUT2D eigenvalue weighted by Crippen LogP contribution is -2.61. The van der Waals surface area contributed by atoms with Crippen LogP contribution in [0.3, 0.4) is 0 Å². The maximum atomic E-state index is 10.1. The highest BCUT2D eigenvalue weighted by molar-refractivity contribution is 7.00. The smallest absolute Gasteiger partial charge is 0.252 e.